The fourth-order valence-electron chi connectivity index (χ4n) is 5.58. The molecule has 38 heavy (non-hydrogen) atoms. The fraction of sp³-hybridized carbons (Fsp3) is 0.172. The van der Waals surface area contributed by atoms with Gasteiger partial charge in [0.25, 0.3) is 11.8 Å². The third kappa shape index (κ3) is 4.10. The molecule has 0 bridgehead atoms. The van der Waals surface area contributed by atoms with Crippen LogP contribution in [0.3, 0.4) is 0 Å². The predicted octanol–water partition coefficient (Wildman–Crippen LogP) is 7.02. The quantitative estimate of drug-likeness (QED) is 0.292. The Kier molecular flexibility index (Phi) is 7.03. The molecule has 0 unspecified atom stereocenters. The highest BCUT2D eigenvalue weighted by atomic mass is 79.9. The average molecular weight is 614 g/mol. The normalized spacial score (nSPS) is 22.6. The van der Waals surface area contributed by atoms with E-state index < -0.39 is 29.1 Å². The molecule has 2 aliphatic rings. The molecule has 0 radical (unpaired) electrons. The predicted molar refractivity (Wildman–Crippen MR) is 152 cm³/mol. The van der Waals surface area contributed by atoms with Gasteiger partial charge in [0.2, 0.25) is 0 Å². The van der Waals surface area contributed by atoms with Crippen LogP contribution in [0.2, 0.25) is 10.0 Å². The minimum Gasteiger partial charge on any atom is -0.508 e. The van der Waals surface area contributed by atoms with Gasteiger partial charge in [0.1, 0.15) is 11.5 Å². The van der Waals surface area contributed by atoms with Crippen LogP contribution < -0.4 is 10.2 Å². The Balaban J connectivity index is 1.76. The number of carbonyl (C=O) groups is 2. The third-order valence-corrected chi connectivity index (χ3v) is 8.31. The molecule has 9 heteroatoms. The van der Waals surface area contributed by atoms with E-state index >= 15 is 0 Å². The van der Waals surface area contributed by atoms with Crippen LogP contribution in [-0.4, -0.2) is 29.0 Å². The number of benzene rings is 3. The second kappa shape index (κ2) is 10.1. The first kappa shape index (κ1) is 26.4. The largest absolute Gasteiger partial charge is 0.508 e. The first-order valence-electron chi connectivity index (χ1n) is 11.8. The van der Waals surface area contributed by atoms with E-state index in [-0.39, 0.29) is 10.8 Å². The van der Waals surface area contributed by atoms with Crippen LogP contribution in [0.1, 0.15) is 23.5 Å². The van der Waals surface area contributed by atoms with Crippen LogP contribution in [-0.2, 0) is 15.0 Å². The molecule has 3 atom stereocenters. The zero-order chi connectivity index (χ0) is 27.2. The van der Waals surface area contributed by atoms with Crippen molar-refractivity contribution in [3.8, 4) is 11.5 Å². The van der Waals surface area contributed by atoms with Gasteiger partial charge in [-0.2, -0.15) is 5.01 Å². The van der Waals surface area contributed by atoms with Gasteiger partial charge in [0.05, 0.1) is 29.2 Å². The lowest BCUT2D eigenvalue weighted by Crippen LogP contribution is -2.48. The summed E-state index contributed by atoms with van der Waals surface area (Å²) < 4.78 is 6.07. The van der Waals surface area contributed by atoms with Crippen LogP contribution in [0.5, 0.6) is 11.5 Å². The standard InChI is InChI=1S/C29H23BrCl2N2O4/c1-3-16-4-11-22-27(36)34(33-24-12-8-19(31)15-23(24)32)28(37)29(22,17-5-9-20(38-2)10-6-17)26(16)21-14-18(30)7-13-25(21)35/h3-10,12-15,22,26,33,35H,1,11H2,2H3/t22-,26+,29+/m0/s1. The van der Waals surface area contributed by atoms with Crippen molar-refractivity contribution in [2.24, 2.45) is 5.92 Å². The van der Waals surface area contributed by atoms with Gasteiger partial charge < -0.3 is 9.84 Å². The summed E-state index contributed by atoms with van der Waals surface area (Å²) in [6, 6.07) is 16.9. The maximum absolute atomic E-state index is 14.6. The summed E-state index contributed by atoms with van der Waals surface area (Å²) in [4.78, 5) is 28.6. The van der Waals surface area contributed by atoms with Gasteiger partial charge in [0.15, 0.2) is 0 Å². The molecule has 3 aromatic carbocycles. The molecule has 0 aromatic heterocycles. The molecule has 3 aromatic rings. The summed E-state index contributed by atoms with van der Waals surface area (Å²) in [5.41, 5.74) is 3.75. The Morgan fingerprint density at radius 3 is 2.53 bits per heavy atom. The molecule has 1 aliphatic carbocycles. The van der Waals surface area contributed by atoms with Gasteiger partial charge in [0, 0.05) is 21.0 Å². The number of hydrazine groups is 1. The lowest BCUT2D eigenvalue weighted by Gasteiger charge is -2.43. The Hall–Kier alpha value is -3.26. The number of methoxy groups -OCH3 is 1. The number of fused-ring (bicyclic) bond motifs is 1. The molecule has 1 aliphatic heterocycles. The monoisotopic (exact) mass is 612 g/mol. The van der Waals surface area contributed by atoms with Gasteiger partial charge in [-0.25, -0.2) is 0 Å². The van der Waals surface area contributed by atoms with Crippen molar-refractivity contribution in [1.29, 1.82) is 0 Å². The lowest BCUT2D eigenvalue weighted by atomic mass is 9.56. The zero-order valence-corrected chi connectivity index (χ0v) is 23.3. The number of imide groups is 1. The van der Waals surface area contributed by atoms with E-state index in [1.807, 2.05) is 6.08 Å². The number of carbonyl (C=O) groups excluding carboxylic acids is 2. The van der Waals surface area contributed by atoms with Crippen molar-refractivity contribution < 1.29 is 19.4 Å². The number of phenols is 1. The van der Waals surface area contributed by atoms with Gasteiger partial charge in [-0.3, -0.25) is 15.0 Å². The van der Waals surface area contributed by atoms with E-state index in [1.54, 1.807) is 67.8 Å². The van der Waals surface area contributed by atoms with E-state index in [0.29, 0.717) is 34.0 Å². The van der Waals surface area contributed by atoms with Crippen molar-refractivity contribution in [3.63, 3.8) is 0 Å². The Morgan fingerprint density at radius 1 is 1.13 bits per heavy atom. The summed E-state index contributed by atoms with van der Waals surface area (Å²) in [7, 11) is 1.56. The summed E-state index contributed by atoms with van der Waals surface area (Å²) >= 11 is 15.9. The SMILES string of the molecule is C=CC1=CC[C@H]2C(=O)N(Nc3ccc(Cl)cc3Cl)C(=O)[C@@]2(c2ccc(OC)cc2)[C@H]1c1cc(Br)ccc1O. The lowest BCUT2D eigenvalue weighted by molar-refractivity contribution is -0.138. The first-order chi connectivity index (χ1) is 18.2. The average Bonchev–Trinajstić information content (AvgIpc) is 3.13. The van der Waals surface area contributed by atoms with Gasteiger partial charge in [-0.1, -0.05) is 70.0 Å². The van der Waals surface area contributed by atoms with E-state index in [4.69, 9.17) is 27.9 Å². The molecule has 1 saturated heterocycles. The molecule has 1 fully saturated rings. The molecule has 2 N–H and O–H groups in total. The molecule has 2 amide bonds. The van der Waals surface area contributed by atoms with Gasteiger partial charge >= 0.3 is 0 Å². The Morgan fingerprint density at radius 2 is 1.87 bits per heavy atom. The zero-order valence-electron chi connectivity index (χ0n) is 20.3. The van der Waals surface area contributed by atoms with E-state index in [0.717, 1.165) is 15.1 Å². The van der Waals surface area contributed by atoms with Crippen LogP contribution in [0.4, 0.5) is 5.69 Å². The molecular formula is C29H23BrCl2N2O4. The van der Waals surface area contributed by atoms with Crippen LogP contribution in [0, 0.1) is 5.92 Å². The van der Waals surface area contributed by atoms with E-state index in [2.05, 4.69) is 27.9 Å². The third-order valence-electron chi connectivity index (χ3n) is 7.27. The smallest absolute Gasteiger partial charge is 0.260 e. The number of allylic oxidation sites excluding steroid dienone is 3. The maximum atomic E-state index is 14.6. The topological polar surface area (TPSA) is 78.9 Å². The first-order valence-corrected chi connectivity index (χ1v) is 13.3. The number of aromatic hydroxyl groups is 1. The number of halogens is 3. The number of hydrogen-bond acceptors (Lipinski definition) is 5. The molecular weight excluding hydrogens is 591 g/mol. The minimum absolute atomic E-state index is 0.00638. The second-order valence-corrected chi connectivity index (χ2v) is 10.9. The number of anilines is 1. The molecule has 194 valence electrons. The fourth-order valence-corrected chi connectivity index (χ4v) is 6.41. The molecule has 0 spiro atoms. The summed E-state index contributed by atoms with van der Waals surface area (Å²) in [5, 5.41) is 12.7. The number of amides is 2. The Labute approximate surface area is 238 Å². The van der Waals surface area contributed by atoms with Gasteiger partial charge in [-0.15, -0.1) is 0 Å². The van der Waals surface area contributed by atoms with Crippen LogP contribution in [0.15, 0.2) is 89.4 Å². The highest BCUT2D eigenvalue weighted by Crippen LogP contribution is 2.59. The summed E-state index contributed by atoms with van der Waals surface area (Å²) in [5.74, 6) is -1.75. The number of nitrogens with zero attached hydrogens (tertiary/aromatic N) is 1. The number of phenolic OH excluding ortho intramolecular Hbond substituents is 1. The molecule has 1 heterocycles. The maximum Gasteiger partial charge on any atom is 0.260 e. The Bertz CT molecular complexity index is 1490. The number of hydrogen-bond donors (Lipinski definition) is 2. The van der Waals surface area contributed by atoms with E-state index in [1.165, 1.54) is 6.07 Å². The van der Waals surface area contributed by atoms with E-state index in [9.17, 15) is 14.7 Å². The number of ether oxygens (including phenoxy) is 1. The number of nitrogens with one attached hydrogen (secondary N) is 1. The van der Waals surface area contributed by atoms with Crippen molar-refractivity contribution in [3.05, 3.63) is 111 Å². The van der Waals surface area contributed by atoms with Crippen LogP contribution in [0.25, 0.3) is 0 Å². The minimum atomic E-state index is -1.40. The van der Waals surface area contributed by atoms with Crippen molar-refractivity contribution in [1.82, 2.24) is 5.01 Å². The molecule has 0 saturated carbocycles. The van der Waals surface area contributed by atoms with Crippen LogP contribution >= 0.6 is 39.1 Å². The van der Waals surface area contributed by atoms with Crippen molar-refractivity contribution in [2.75, 3.05) is 12.5 Å². The van der Waals surface area contributed by atoms with Crippen molar-refractivity contribution in [2.45, 2.75) is 17.8 Å². The highest BCUT2D eigenvalue weighted by Gasteiger charge is 2.66. The summed E-state index contributed by atoms with van der Waals surface area (Å²) in [6.45, 7) is 3.99. The summed E-state index contributed by atoms with van der Waals surface area (Å²) in [6.07, 6.45) is 3.89. The number of rotatable bonds is 6. The second-order valence-electron chi connectivity index (χ2n) is 9.14. The van der Waals surface area contributed by atoms with Crippen molar-refractivity contribution >= 4 is 56.6 Å². The van der Waals surface area contributed by atoms with Gasteiger partial charge in [-0.05, 0) is 66.1 Å². The molecule has 6 nitrogen and oxygen atoms in total. The highest BCUT2D eigenvalue weighted by molar-refractivity contribution is 9.10. The molecule has 5 rings (SSSR count).